The SMILES string of the molecule is CC/C=C\C/C=C\C/C=C\CCCCCCCCCC(=O)OC(COC(=O)CCCCCCC/C=C\C/C=C\CCCCCC)COC(=O)CCCCCCCCCCCC/C=C\C/C=C\C/C=C\CCCCCCC. The Morgan fingerprint density at radius 1 is 0.276 bits per heavy atom. The molecule has 0 aromatic carbocycles. The molecule has 0 saturated carbocycles. The minimum Gasteiger partial charge on any atom is -0.462 e. The van der Waals surface area contributed by atoms with Gasteiger partial charge in [0.2, 0.25) is 0 Å². The molecule has 0 aromatic heterocycles. The predicted octanol–water partition coefficient (Wildman–Crippen LogP) is 22.0. The summed E-state index contributed by atoms with van der Waals surface area (Å²) < 4.78 is 16.9. The smallest absolute Gasteiger partial charge is 0.306 e. The number of unbranched alkanes of at least 4 members (excludes halogenated alkanes) is 31. The topological polar surface area (TPSA) is 78.9 Å². The van der Waals surface area contributed by atoms with Crippen molar-refractivity contribution in [2.75, 3.05) is 13.2 Å². The quantitative estimate of drug-likeness (QED) is 0.0261. The fourth-order valence-corrected chi connectivity index (χ4v) is 8.97. The zero-order chi connectivity index (χ0) is 55.0. The summed E-state index contributed by atoms with van der Waals surface area (Å²) in [6.45, 7) is 6.50. The zero-order valence-electron chi connectivity index (χ0n) is 50.0. The Labute approximate surface area is 470 Å². The fraction of sp³-hybridized carbons (Fsp3) is 0.729. The van der Waals surface area contributed by atoms with Crippen molar-refractivity contribution in [3.8, 4) is 0 Å². The van der Waals surface area contributed by atoms with Crippen LogP contribution in [0.25, 0.3) is 0 Å². The second-order valence-electron chi connectivity index (χ2n) is 21.3. The van der Waals surface area contributed by atoms with Crippen LogP contribution in [0.4, 0.5) is 0 Å². The van der Waals surface area contributed by atoms with Crippen LogP contribution in [0.2, 0.25) is 0 Å². The van der Waals surface area contributed by atoms with Crippen LogP contribution in [0, 0.1) is 0 Å². The van der Waals surface area contributed by atoms with E-state index in [1.807, 2.05) is 0 Å². The Balaban J connectivity index is 4.37. The van der Waals surface area contributed by atoms with Gasteiger partial charge in [-0.25, -0.2) is 0 Å². The van der Waals surface area contributed by atoms with Crippen molar-refractivity contribution in [2.24, 2.45) is 0 Å². The van der Waals surface area contributed by atoms with Crippen LogP contribution >= 0.6 is 0 Å². The number of esters is 3. The lowest BCUT2D eigenvalue weighted by atomic mass is 10.1. The largest absolute Gasteiger partial charge is 0.462 e. The lowest BCUT2D eigenvalue weighted by Crippen LogP contribution is -2.30. The molecular formula is C70H120O6. The minimum atomic E-state index is -0.793. The van der Waals surface area contributed by atoms with Gasteiger partial charge in [-0.15, -0.1) is 0 Å². The molecule has 0 saturated heterocycles. The second kappa shape index (κ2) is 63.9. The summed E-state index contributed by atoms with van der Waals surface area (Å²) in [4.78, 5) is 38.3. The van der Waals surface area contributed by atoms with Gasteiger partial charge in [-0.05, 0) is 122 Å². The maximum absolute atomic E-state index is 12.9. The number of rotatable bonds is 58. The standard InChI is InChI=1S/C70H120O6/c1-4-7-10-13-16-19-22-25-28-31-32-33-34-35-36-37-38-40-42-45-48-51-54-57-60-63-69(72)75-66-67(65-74-68(71)62-59-56-53-50-47-44-41-30-27-24-21-18-15-12-9-6-3)76-70(73)64-61-58-55-52-49-46-43-39-29-26-23-20-17-14-11-8-5-2/h8,11,17,20-22,24-26,29-32,34-35,41,67H,4-7,9-10,12-16,18-19,23,27-28,33,36-40,42-66H2,1-3H3/b11-8-,20-17-,24-21-,25-22-,29-26-,32-31-,35-34-,41-30-. The number of hydrogen-bond donors (Lipinski definition) is 0. The molecule has 0 radical (unpaired) electrons. The highest BCUT2D eigenvalue weighted by molar-refractivity contribution is 5.71. The van der Waals surface area contributed by atoms with Gasteiger partial charge in [0.05, 0.1) is 0 Å². The Hall–Kier alpha value is -3.67. The summed E-state index contributed by atoms with van der Waals surface area (Å²) in [5, 5.41) is 0. The maximum atomic E-state index is 12.9. The van der Waals surface area contributed by atoms with Gasteiger partial charge in [-0.2, -0.15) is 0 Å². The Kier molecular flexibility index (Phi) is 60.8. The van der Waals surface area contributed by atoms with Crippen molar-refractivity contribution in [1.29, 1.82) is 0 Å². The molecule has 0 bridgehead atoms. The zero-order valence-corrected chi connectivity index (χ0v) is 50.0. The first-order valence-corrected chi connectivity index (χ1v) is 32.2. The van der Waals surface area contributed by atoms with Crippen molar-refractivity contribution >= 4 is 17.9 Å². The average Bonchev–Trinajstić information content (AvgIpc) is 3.42. The molecule has 0 rings (SSSR count). The minimum absolute atomic E-state index is 0.0881. The summed E-state index contributed by atoms with van der Waals surface area (Å²) in [6, 6.07) is 0. The fourth-order valence-electron chi connectivity index (χ4n) is 8.97. The number of hydrogen-bond acceptors (Lipinski definition) is 6. The van der Waals surface area contributed by atoms with Gasteiger partial charge in [0.25, 0.3) is 0 Å². The van der Waals surface area contributed by atoms with Gasteiger partial charge in [0.1, 0.15) is 13.2 Å². The van der Waals surface area contributed by atoms with Crippen LogP contribution in [0.15, 0.2) is 97.2 Å². The molecule has 436 valence electrons. The van der Waals surface area contributed by atoms with Crippen LogP contribution in [0.3, 0.4) is 0 Å². The molecule has 0 aliphatic heterocycles. The van der Waals surface area contributed by atoms with Crippen LogP contribution in [-0.2, 0) is 28.6 Å². The van der Waals surface area contributed by atoms with Gasteiger partial charge < -0.3 is 14.2 Å². The molecule has 0 amide bonds. The van der Waals surface area contributed by atoms with E-state index in [4.69, 9.17) is 14.2 Å². The third-order valence-corrected chi connectivity index (χ3v) is 13.8. The van der Waals surface area contributed by atoms with Crippen molar-refractivity contribution in [3.05, 3.63) is 97.2 Å². The first kappa shape index (κ1) is 72.3. The number of allylic oxidation sites excluding steroid dienone is 16. The predicted molar refractivity (Wildman–Crippen MR) is 330 cm³/mol. The van der Waals surface area contributed by atoms with Gasteiger partial charge >= 0.3 is 17.9 Å². The Morgan fingerprint density at radius 3 is 0.816 bits per heavy atom. The normalized spacial score (nSPS) is 12.7. The second-order valence-corrected chi connectivity index (χ2v) is 21.3. The summed E-state index contributed by atoms with van der Waals surface area (Å²) in [6.07, 6.45) is 85.5. The van der Waals surface area contributed by atoms with Crippen LogP contribution in [0.5, 0.6) is 0 Å². The summed E-state index contributed by atoms with van der Waals surface area (Å²) in [5.74, 6) is -0.906. The molecule has 76 heavy (non-hydrogen) atoms. The van der Waals surface area contributed by atoms with E-state index in [0.717, 1.165) is 122 Å². The van der Waals surface area contributed by atoms with E-state index in [-0.39, 0.29) is 31.1 Å². The first-order valence-electron chi connectivity index (χ1n) is 32.2. The summed E-state index contributed by atoms with van der Waals surface area (Å²) >= 11 is 0. The van der Waals surface area contributed by atoms with E-state index in [9.17, 15) is 14.4 Å². The molecular weight excluding hydrogens is 937 g/mol. The monoisotopic (exact) mass is 1060 g/mol. The number of carbonyl (C=O) groups excluding carboxylic acids is 3. The van der Waals surface area contributed by atoms with E-state index < -0.39 is 6.10 Å². The van der Waals surface area contributed by atoms with E-state index in [1.165, 1.54) is 148 Å². The highest BCUT2D eigenvalue weighted by Crippen LogP contribution is 2.16. The van der Waals surface area contributed by atoms with Crippen molar-refractivity contribution in [2.45, 2.75) is 316 Å². The molecule has 6 heteroatoms. The lowest BCUT2D eigenvalue weighted by molar-refractivity contribution is -0.167. The van der Waals surface area contributed by atoms with Crippen LogP contribution < -0.4 is 0 Å². The van der Waals surface area contributed by atoms with E-state index >= 15 is 0 Å². The van der Waals surface area contributed by atoms with Crippen LogP contribution in [-0.4, -0.2) is 37.2 Å². The highest BCUT2D eigenvalue weighted by Gasteiger charge is 2.19. The van der Waals surface area contributed by atoms with Gasteiger partial charge in [0.15, 0.2) is 6.10 Å². The van der Waals surface area contributed by atoms with Crippen LogP contribution in [0.1, 0.15) is 310 Å². The van der Waals surface area contributed by atoms with Crippen molar-refractivity contribution in [3.63, 3.8) is 0 Å². The number of ether oxygens (including phenoxy) is 3. The van der Waals surface area contributed by atoms with E-state index in [0.29, 0.717) is 19.3 Å². The molecule has 0 fully saturated rings. The average molecular weight is 1060 g/mol. The van der Waals surface area contributed by atoms with Crippen molar-refractivity contribution in [1.82, 2.24) is 0 Å². The third-order valence-electron chi connectivity index (χ3n) is 13.8. The Bertz CT molecular complexity index is 1490. The molecule has 0 heterocycles. The first-order chi connectivity index (χ1) is 37.5. The van der Waals surface area contributed by atoms with Crippen molar-refractivity contribution < 1.29 is 28.6 Å². The molecule has 0 aliphatic rings. The Morgan fingerprint density at radius 2 is 0.513 bits per heavy atom. The van der Waals surface area contributed by atoms with E-state index in [1.54, 1.807) is 0 Å². The van der Waals surface area contributed by atoms with Gasteiger partial charge in [0, 0.05) is 19.3 Å². The molecule has 0 aromatic rings. The molecule has 1 atom stereocenters. The number of carbonyl (C=O) groups is 3. The summed E-state index contributed by atoms with van der Waals surface area (Å²) in [7, 11) is 0. The maximum Gasteiger partial charge on any atom is 0.306 e. The third kappa shape index (κ3) is 61.2. The lowest BCUT2D eigenvalue weighted by Gasteiger charge is -2.18. The molecule has 0 N–H and O–H groups in total. The molecule has 1 unspecified atom stereocenters. The van der Waals surface area contributed by atoms with Gasteiger partial charge in [-0.3, -0.25) is 14.4 Å². The molecule has 6 nitrogen and oxygen atoms in total. The highest BCUT2D eigenvalue weighted by atomic mass is 16.6. The summed E-state index contributed by atoms with van der Waals surface area (Å²) in [5.41, 5.74) is 0. The molecule has 0 aliphatic carbocycles. The van der Waals surface area contributed by atoms with Gasteiger partial charge in [-0.1, -0.05) is 266 Å². The molecule has 0 spiro atoms. The van der Waals surface area contributed by atoms with E-state index in [2.05, 4.69) is 118 Å².